The van der Waals surface area contributed by atoms with Crippen molar-refractivity contribution >= 4 is 15.9 Å². The highest BCUT2D eigenvalue weighted by Crippen LogP contribution is 2.27. The van der Waals surface area contributed by atoms with Crippen molar-refractivity contribution in [3.63, 3.8) is 0 Å². The predicted octanol–water partition coefficient (Wildman–Crippen LogP) is 2.09. The van der Waals surface area contributed by atoms with Gasteiger partial charge in [0.15, 0.2) is 11.6 Å². The fraction of sp³-hybridized carbons (Fsp3) is 0.250. The van der Waals surface area contributed by atoms with E-state index in [1.807, 2.05) is 0 Å². The van der Waals surface area contributed by atoms with Crippen LogP contribution in [0.5, 0.6) is 5.75 Å². The summed E-state index contributed by atoms with van der Waals surface area (Å²) >= 11 is 3.12. The molecule has 0 aliphatic heterocycles. The summed E-state index contributed by atoms with van der Waals surface area (Å²) in [5.41, 5.74) is 0.217. The van der Waals surface area contributed by atoms with Gasteiger partial charge < -0.3 is 9.84 Å². The largest absolute Gasteiger partial charge is 0.494 e. The molecule has 0 unspecified atom stereocenters. The van der Waals surface area contributed by atoms with Crippen molar-refractivity contribution in [1.82, 2.24) is 0 Å². The highest BCUT2D eigenvalue weighted by atomic mass is 79.9. The van der Waals surface area contributed by atoms with Gasteiger partial charge in [0, 0.05) is 10.0 Å². The molecular formula is C8H8BrFO2. The molecule has 0 amide bonds. The van der Waals surface area contributed by atoms with Gasteiger partial charge in [0.25, 0.3) is 0 Å². The summed E-state index contributed by atoms with van der Waals surface area (Å²) in [7, 11) is 1.38. The van der Waals surface area contributed by atoms with Gasteiger partial charge >= 0.3 is 0 Å². The quantitative estimate of drug-likeness (QED) is 0.850. The Balaban J connectivity index is 3.24. The van der Waals surface area contributed by atoms with Crippen LogP contribution >= 0.6 is 15.9 Å². The van der Waals surface area contributed by atoms with Crippen LogP contribution in [0.2, 0.25) is 0 Å². The molecule has 0 saturated heterocycles. The molecule has 0 aromatic heterocycles. The molecular weight excluding hydrogens is 227 g/mol. The molecule has 1 aromatic rings. The number of benzene rings is 1. The van der Waals surface area contributed by atoms with Crippen LogP contribution in [0.4, 0.5) is 4.39 Å². The van der Waals surface area contributed by atoms with E-state index in [1.165, 1.54) is 13.2 Å². The fourth-order valence-corrected chi connectivity index (χ4v) is 1.31. The van der Waals surface area contributed by atoms with Crippen LogP contribution in [-0.2, 0) is 6.61 Å². The van der Waals surface area contributed by atoms with Crippen LogP contribution in [0.15, 0.2) is 16.6 Å². The second-order valence-electron chi connectivity index (χ2n) is 2.20. The Labute approximate surface area is 78.1 Å². The fourth-order valence-electron chi connectivity index (χ4n) is 0.879. The monoisotopic (exact) mass is 234 g/mol. The minimum atomic E-state index is -0.519. The SMILES string of the molecule is COc1ccc(Br)c(CO)c1F. The molecule has 2 nitrogen and oxygen atoms in total. The molecule has 0 fully saturated rings. The first-order valence-electron chi connectivity index (χ1n) is 3.32. The lowest BCUT2D eigenvalue weighted by molar-refractivity contribution is 0.271. The summed E-state index contributed by atoms with van der Waals surface area (Å²) < 4.78 is 18.5. The van der Waals surface area contributed by atoms with Crippen LogP contribution in [0, 0.1) is 5.82 Å². The lowest BCUT2D eigenvalue weighted by Gasteiger charge is -2.06. The minimum absolute atomic E-state index is 0.141. The predicted molar refractivity (Wildman–Crippen MR) is 46.6 cm³/mol. The summed E-state index contributed by atoms with van der Waals surface area (Å²) in [6.45, 7) is -0.344. The van der Waals surface area contributed by atoms with E-state index < -0.39 is 5.82 Å². The second-order valence-corrected chi connectivity index (χ2v) is 3.05. The number of rotatable bonds is 2. The average Bonchev–Trinajstić information content (AvgIpc) is 2.06. The van der Waals surface area contributed by atoms with Crippen LogP contribution in [-0.4, -0.2) is 12.2 Å². The Bertz CT molecular complexity index is 289. The van der Waals surface area contributed by atoms with Gasteiger partial charge in [-0.2, -0.15) is 0 Å². The molecule has 0 aliphatic rings. The molecule has 12 heavy (non-hydrogen) atoms. The number of ether oxygens (including phenoxy) is 1. The van der Waals surface area contributed by atoms with E-state index in [2.05, 4.69) is 15.9 Å². The van der Waals surface area contributed by atoms with Crippen molar-refractivity contribution < 1.29 is 14.2 Å². The highest BCUT2D eigenvalue weighted by Gasteiger charge is 2.10. The van der Waals surface area contributed by atoms with Gasteiger partial charge in [-0.3, -0.25) is 0 Å². The first kappa shape index (κ1) is 9.48. The lowest BCUT2D eigenvalue weighted by Crippen LogP contribution is -1.95. The Morgan fingerprint density at radius 2 is 2.25 bits per heavy atom. The van der Waals surface area contributed by atoms with Crippen LogP contribution in [0.25, 0.3) is 0 Å². The number of hydrogen-bond acceptors (Lipinski definition) is 2. The van der Waals surface area contributed by atoms with Gasteiger partial charge in [-0.15, -0.1) is 0 Å². The van der Waals surface area contributed by atoms with Crippen molar-refractivity contribution in [2.24, 2.45) is 0 Å². The van der Waals surface area contributed by atoms with E-state index in [-0.39, 0.29) is 17.9 Å². The van der Waals surface area contributed by atoms with Crippen LogP contribution in [0.3, 0.4) is 0 Å². The first-order valence-corrected chi connectivity index (χ1v) is 4.11. The van der Waals surface area contributed by atoms with Gasteiger partial charge in [0.1, 0.15) is 0 Å². The van der Waals surface area contributed by atoms with Crippen molar-refractivity contribution in [2.75, 3.05) is 7.11 Å². The van der Waals surface area contributed by atoms with Gasteiger partial charge in [0.2, 0.25) is 0 Å². The van der Waals surface area contributed by atoms with E-state index >= 15 is 0 Å². The zero-order valence-corrected chi connectivity index (χ0v) is 8.06. The smallest absolute Gasteiger partial charge is 0.171 e. The molecule has 0 atom stereocenters. The molecule has 0 saturated carbocycles. The van der Waals surface area contributed by atoms with E-state index in [4.69, 9.17) is 9.84 Å². The van der Waals surface area contributed by atoms with Crippen molar-refractivity contribution in [1.29, 1.82) is 0 Å². The highest BCUT2D eigenvalue weighted by molar-refractivity contribution is 9.10. The van der Waals surface area contributed by atoms with Crippen molar-refractivity contribution in [3.05, 3.63) is 28.0 Å². The molecule has 0 bridgehead atoms. The maximum atomic E-state index is 13.2. The summed E-state index contributed by atoms with van der Waals surface area (Å²) in [4.78, 5) is 0. The Morgan fingerprint density at radius 3 is 2.75 bits per heavy atom. The average molecular weight is 235 g/mol. The minimum Gasteiger partial charge on any atom is -0.494 e. The third-order valence-electron chi connectivity index (χ3n) is 1.53. The number of methoxy groups -OCH3 is 1. The molecule has 0 radical (unpaired) electrons. The van der Waals surface area contributed by atoms with Gasteiger partial charge in [-0.1, -0.05) is 15.9 Å². The molecule has 66 valence electrons. The second kappa shape index (κ2) is 3.87. The Morgan fingerprint density at radius 1 is 1.58 bits per heavy atom. The molecule has 0 spiro atoms. The maximum absolute atomic E-state index is 13.2. The molecule has 1 aromatic carbocycles. The summed E-state index contributed by atoms with van der Waals surface area (Å²) in [5, 5.41) is 8.79. The van der Waals surface area contributed by atoms with E-state index in [9.17, 15) is 4.39 Å². The number of halogens is 2. The summed E-state index contributed by atoms with van der Waals surface area (Å²) in [6.07, 6.45) is 0. The Hall–Kier alpha value is -0.610. The Kier molecular flexibility index (Phi) is 3.05. The topological polar surface area (TPSA) is 29.5 Å². The van der Waals surface area contributed by atoms with Gasteiger partial charge in [0.05, 0.1) is 13.7 Å². The summed E-state index contributed by atoms with van der Waals surface area (Å²) in [5.74, 6) is -0.378. The number of hydrogen-bond donors (Lipinski definition) is 1. The number of aliphatic hydroxyl groups is 1. The first-order chi connectivity index (χ1) is 5.70. The zero-order valence-electron chi connectivity index (χ0n) is 6.47. The van der Waals surface area contributed by atoms with Crippen molar-refractivity contribution in [2.45, 2.75) is 6.61 Å². The van der Waals surface area contributed by atoms with E-state index in [0.29, 0.717) is 4.47 Å². The van der Waals surface area contributed by atoms with E-state index in [1.54, 1.807) is 6.07 Å². The number of aliphatic hydroxyl groups excluding tert-OH is 1. The third-order valence-corrected chi connectivity index (χ3v) is 2.27. The maximum Gasteiger partial charge on any atom is 0.171 e. The normalized spacial score (nSPS) is 10.0. The molecule has 0 heterocycles. The molecule has 1 rings (SSSR count). The van der Waals surface area contributed by atoms with Crippen LogP contribution < -0.4 is 4.74 Å². The molecule has 0 aliphatic carbocycles. The molecule has 4 heteroatoms. The third kappa shape index (κ3) is 1.59. The lowest BCUT2D eigenvalue weighted by atomic mass is 10.2. The van der Waals surface area contributed by atoms with Gasteiger partial charge in [-0.05, 0) is 12.1 Å². The molecule has 1 N–H and O–H groups in total. The van der Waals surface area contributed by atoms with Crippen molar-refractivity contribution in [3.8, 4) is 5.75 Å². The van der Waals surface area contributed by atoms with E-state index in [0.717, 1.165) is 0 Å². The van der Waals surface area contributed by atoms with Crippen LogP contribution in [0.1, 0.15) is 5.56 Å². The van der Waals surface area contributed by atoms with Gasteiger partial charge in [-0.25, -0.2) is 4.39 Å². The standard InChI is InChI=1S/C8H8BrFO2/c1-12-7-3-2-6(9)5(4-11)8(7)10/h2-3,11H,4H2,1H3. The summed E-state index contributed by atoms with van der Waals surface area (Å²) in [6, 6.07) is 3.13. The zero-order chi connectivity index (χ0) is 9.14.